The molecule has 4 aromatic heterocycles. The van der Waals surface area contributed by atoms with E-state index in [1.54, 1.807) is 11.3 Å². The van der Waals surface area contributed by atoms with Gasteiger partial charge in [0.05, 0.1) is 11.2 Å². The maximum absolute atomic E-state index is 4.69. The van der Waals surface area contributed by atoms with Gasteiger partial charge in [-0.1, -0.05) is 55.1 Å². The number of rotatable bonds is 9. The van der Waals surface area contributed by atoms with Gasteiger partial charge in [0.1, 0.15) is 5.69 Å². The van der Waals surface area contributed by atoms with Gasteiger partial charge in [0.25, 0.3) is 0 Å². The second kappa shape index (κ2) is 11.1. The average Bonchev–Trinajstić information content (AvgIpc) is 3.72. The lowest BCUT2D eigenvalue weighted by Crippen LogP contribution is -2.12. The highest BCUT2D eigenvalue weighted by Gasteiger charge is 2.16. The molecule has 0 spiro atoms. The van der Waals surface area contributed by atoms with Crippen molar-refractivity contribution in [3.8, 4) is 22.5 Å². The van der Waals surface area contributed by atoms with Crippen molar-refractivity contribution in [2.24, 2.45) is 0 Å². The van der Waals surface area contributed by atoms with Crippen LogP contribution in [0.5, 0.6) is 0 Å². The molecule has 192 valence electrons. The van der Waals surface area contributed by atoms with Gasteiger partial charge in [0.15, 0.2) is 0 Å². The second-order valence-electron chi connectivity index (χ2n) is 9.55. The Morgan fingerprint density at radius 1 is 0.974 bits per heavy atom. The minimum absolute atomic E-state index is 0.754. The number of aromatic nitrogens is 4. The fraction of sp³-hybridized carbons (Fsp3) is 0.0909. The molecule has 0 radical (unpaired) electrons. The van der Waals surface area contributed by atoms with Crippen molar-refractivity contribution < 1.29 is 0 Å². The second-order valence-corrected chi connectivity index (χ2v) is 10.3. The molecule has 0 bridgehead atoms. The summed E-state index contributed by atoms with van der Waals surface area (Å²) in [5.74, 6) is 0. The van der Waals surface area contributed by atoms with Gasteiger partial charge in [-0.3, -0.25) is 10.1 Å². The number of nitrogens with one attached hydrogen (secondary N) is 3. The summed E-state index contributed by atoms with van der Waals surface area (Å²) in [5, 5.41) is 16.7. The summed E-state index contributed by atoms with van der Waals surface area (Å²) in [7, 11) is 0. The van der Waals surface area contributed by atoms with Crippen molar-refractivity contribution in [3.63, 3.8) is 0 Å². The van der Waals surface area contributed by atoms with Crippen LogP contribution < -0.4 is 5.32 Å². The Bertz CT molecular complexity index is 1760. The SMILES string of the molecule is C=C/C=C(/c1ccsc1)c1cc(-c2n[nH]c3ccc(-c4cncc(CNCc5ccccc5)c4)cc23)[nH]c1C. The molecule has 39 heavy (non-hydrogen) atoms. The van der Waals surface area contributed by atoms with Crippen molar-refractivity contribution in [3.05, 3.63) is 137 Å². The molecular formula is C33H29N5S. The third-order valence-corrected chi connectivity index (χ3v) is 7.55. The van der Waals surface area contributed by atoms with Gasteiger partial charge in [0, 0.05) is 47.7 Å². The molecule has 2 aromatic carbocycles. The van der Waals surface area contributed by atoms with Crippen LogP contribution in [0.2, 0.25) is 0 Å². The van der Waals surface area contributed by atoms with Crippen molar-refractivity contribution in [1.82, 2.24) is 25.5 Å². The normalized spacial score (nSPS) is 11.8. The van der Waals surface area contributed by atoms with Crippen LogP contribution in [0.4, 0.5) is 0 Å². The van der Waals surface area contributed by atoms with Gasteiger partial charge in [0.2, 0.25) is 0 Å². The number of allylic oxidation sites excluding steroid dienone is 2. The van der Waals surface area contributed by atoms with E-state index in [0.29, 0.717) is 0 Å². The summed E-state index contributed by atoms with van der Waals surface area (Å²) in [6, 6.07) is 23.4. The molecule has 0 saturated heterocycles. The fourth-order valence-corrected chi connectivity index (χ4v) is 5.59. The Balaban J connectivity index is 1.29. The van der Waals surface area contributed by atoms with Crippen LogP contribution in [-0.4, -0.2) is 20.2 Å². The van der Waals surface area contributed by atoms with Crippen molar-refractivity contribution in [1.29, 1.82) is 0 Å². The summed E-state index contributed by atoms with van der Waals surface area (Å²) < 4.78 is 0. The first-order valence-electron chi connectivity index (χ1n) is 12.9. The van der Waals surface area contributed by atoms with Gasteiger partial charge in [-0.05, 0) is 75.8 Å². The van der Waals surface area contributed by atoms with Crippen LogP contribution in [-0.2, 0) is 13.1 Å². The molecule has 0 aliphatic rings. The molecule has 6 heteroatoms. The smallest absolute Gasteiger partial charge is 0.116 e. The van der Waals surface area contributed by atoms with E-state index < -0.39 is 0 Å². The topological polar surface area (TPSA) is 69.4 Å². The summed E-state index contributed by atoms with van der Waals surface area (Å²) in [6.45, 7) is 7.61. The first-order valence-corrected chi connectivity index (χ1v) is 13.9. The number of hydrogen-bond acceptors (Lipinski definition) is 4. The highest BCUT2D eigenvalue weighted by molar-refractivity contribution is 7.08. The Hall–Kier alpha value is -4.52. The predicted octanol–water partition coefficient (Wildman–Crippen LogP) is 7.90. The van der Waals surface area contributed by atoms with Gasteiger partial charge in [-0.15, -0.1) is 0 Å². The Morgan fingerprint density at radius 2 is 1.85 bits per heavy atom. The molecule has 0 saturated carbocycles. The number of H-pyrrole nitrogens is 2. The van der Waals surface area contributed by atoms with E-state index in [9.17, 15) is 0 Å². The van der Waals surface area contributed by atoms with E-state index in [2.05, 4.69) is 111 Å². The van der Waals surface area contributed by atoms with Crippen molar-refractivity contribution >= 4 is 27.8 Å². The number of aromatic amines is 2. The van der Waals surface area contributed by atoms with Crippen LogP contribution in [0.3, 0.4) is 0 Å². The van der Waals surface area contributed by atoms with Gasteiger partial charge < -0.3 is 10.3 Å². The Labute approximate surface area is 232 Å². The summed E-state index contributed by atoms with van der Waals surface area (Å²) in [5.41, 5.74) is 12.1. The highest BCUT2D eigenvalue weighted by Crippen LogP contribution is 2.34. The van der Waals surface area contributed by atoms with E-state index in [1.807, 2.05) is 24.5 Å². The molecule has 0 atom stereocenters. The standard InChI is InChI=1S/C33H29N5S/c1-3-7-28(26-12-13-39-21-26)29-16-32(36-22(29)2)33-30-15-25(10-11-31(30)37-38-33)27-14-24(19-35-20-27)18-34-17-23-8-5-4-6-9-23/h3-16,19-21,34,36H,1,17-18H2,2H3,(H,37,38)/b28-7-. The zero-order valence-electron chi connectivity index (χ0n) is 21.7. The van der Waals surface area contributed by atoms with Gasteiger partial charge in [-0.2, -0.15) is 16.4 Å². The van der Waals surface area contributed by atoms with Crippen LogP contribution in [0.1, 0.15) is 27.9 Å². The predicted molar refractivity (Wildman–Crippen MR) is 162 cm³/mol. The lowest BCUT2D eigenvalue weighted by Gasteiger charge is -2.08. The minimum atomic E-state index is 0.754. The lowest BCUT2D eigenvalue weighted by atomic mass is 9.99. The van der Waals surface area contributed by atoms with E-state index in [0.717, 1.165) is 68.9 Å². The molecule has 4 heterocycles. The van der Waals surface area contributed by atoms with Crippen LogP contribution in [0, 0.1) is 6.92 Å². The fourth-order valence-electron chi connectivity index (χ4n) is 4.93. The number of thiophene rings is 1. The van der Waals surface area contributed by atoms with Gasteiger partial charge in [-0.25, -0.2) is 0 Å². The summed E-state index contributed by atoms with van der Waals surface area (Å²) in [6.07, 6.45) is 7.76. The highest BCUT2D eigenvalue weighted by atomic mass is 32.1. The van der Waals surface area contributed by atoms with Crippen LogP contribution >= 0.6 is 11.3 Å². The molecular weight excluding hydrogens is 498 g/mol. The Kier molecular flexibility index (Phi) is 7.04. The molecule has 0 amide bonds. The molecule has 0 aliphatic carbocycles. The van der Waals surface area contributed by atoms with Crippen LogP contribution in [0.15, 0.2) is 109 Å². The van der Waals surface area contributed by atoms with Crippen LogP contribution in [0.25, 0.3) is 39.0 Å². The van der Waals surface area contributed by atoms with E-state index >= 15 is 0 Å². The number of hydrogen-bond donors (Lipinski definition) is 3. The summed E-state index contributed by atoms with van der Waals surface area (Å²) in [4.78, 5) is 8.10. The number of aryl methyl sites for hydroxylation is 1. The van der Waals surface area contributed by atoms with Crippen molar-refractivity contribution in [2.45, 2.75) is 20.0 Å². The van der Waals surface area contributed by atoms with Gasteiger partial charge >= 0.3 is 0 Å². The number of nitrogens with zero attached hydrogens (tertiary/aromatic N) is 2. The monoisotopic (exact) mass is 527 g/mol. The molecule has 6 rings (SSSR count). The minimum Gasteiger partial charge on any atom is -0.357 e. The zero-order valence-corrected chi connectivity index (χ0v) is 22.6. The average molecular weight is 528 g/mol. The maximum atomic E-state index is 4.69. The molecule has 0 aliphatic heterocycles. The summed E-state index contributed by atoms with van der Waals surface area (Å²) >= 11 is 1.69. The van der Waals surface area contributed by atoms with E-state index in [-0.39, 0.29) is 0 Å². The molecule has 5 nitrogen and oxygen atoms in total. The molecule has 0 unspecified atom stereocenters. The maximum Gasteiger partial charge on any atom is 0.116 e. The Morgan fingerprint density at radius 3 is 2.67 bits per heavy atom. The molecule has 3 N–H and O–H groups in total. The quantitative estimate of drug-likeness (QED) is 0.167. The number of pyridine rings is 1. The van der Waals surface area contributed by atoms with E-state index in [4.69, 9.17) is 5.10 Å². The lowest BCUT2D eigenvalue weighted by molar-refractivity contribution is 0.691. The first kappa shape index (κ1) is 24.8. The third-order valence-electron chi connectivity index (χ3n) is 6.87. The first-order chi connectivity index (χ1) is 19.2. The molecule has 0 fully saturated rings. The third kappa shape index (κ3) is 5.25. The zero-order chi connectivity index (χ0) is 26.6. The molecule has 6 aromatic rings. The van der Waals surface area contributed by atoms with E-state index in [1.165, 1.54) is 11.1 Å². The number of fused-ring (bicyclic) bond motifs is 1. The largest absolute Gasteiger partial charge is 0.357 e. The van der Waals surface area contributed by atoms with Crippen molar-refractivity contribution in [2.75, 3.05) is 0 Å². The number of benzene rings is 2.